The number of fused-ring (bicyclic) bond motifs is 2. The number of benzene rings is 1. The number of hydrogen-bond donors (Lipinski definition) is 0. The number of aryl methyl sites for hydroxylation is 2. The zero-order chi connectivity index (χ0) is 19.0. The number of thioether (sulfide) groups is 1. The summed E-state index contributed by atoms with van der Waals surface area (Å²) in [5, 5.41) is 10.0. The topological polar surface area (TPSA) is 82.5 Å². The van der Waals surface area contributed by atoms with Crippen LogP contribution in [0.15, 0.2) is 39.9 Å². The highest BCUT2D eigenvalue weighted by atomic mass is 32.2. The standard InChI is InChI=1S/C19H18N4O3S/c1-4-25-17(24)16-14(13-7-5-6-8-15(13)26-16)10-27-19-22-21-18-20-11(2)9-12(3)23(18)19/h5-9H,4,10H2,1-3H3. The molecule has 4 aromatic rings. The van der Waals surface area contributed by atoms with Crippen molar-refractivity contribution in [1.82, 2.24) is 19.6 Å². The van der Waals surface area contributed by atoms with Crippen molar-refractivity contribution in [3.05, 3.63) is 53.0 Å². The fourth-order valence-corrected chi connectivity index (χ4v) is 4.05. The van der Waals surface area contributed by atoms with Crippen LogP contribution in [-0.4, -0.2) is 32.2 Å². The van der Waals surface area contributed by atoms with E-state index >= 15 is 0 Å². The lowest BCUT2D eigenvalue weighted by molar-refractivity contribution is 0.0491. The molecule has 4 rings (SSSR count). The fourth-order valence-electron chi connectivity index (χ4n) is 3.03. The van der Waals surface area contributed by atoms with Gasteiger partial charge in [0.1, 0.15) is 5.58 Å². The zero-order valence-corrected chi connectivity index (χ0v) is 16.0. The molecule has 7 nitrogen and oxygen atoms in total. The molecule has 0 N–H and O–H groups in total. The van der Waals surface area contributed by atoms with Gasteiger partial charge in [-0.3, -0.25) is 4.40 Å². The Morgan fingerprint density at radius 3 is 2.89 bits per heavy atom. The Kier molecular flexibility index (Phi) is 4.57. The first-order valence-electron chi connectivity index (χ1n) is 8.58. The number of nitrogens with zero attached hydrogens (tertiary/aromatic N) is 4. The minimum Gasteiger partial charge on any atom is -0.460 e. The number of carbonyl (C=O) groups is 1. The average Bonchev–Trinajstić information content (AvgIpc) is 3.21. The highest BCUT2D eigenvalue weighted by molar-refractivity contribution is 7.98. The first-order chi connectivity index (χ1) is 13.1. The van der Waals surface area contributed by atoms with Gasteiger partial charge in [-0.05, 0) is 32.9 Å². The highest BCUT2D eigenvalue weighted by Crippen LogP contribution is 2.32. The molecule has 27 heavy (non-hydrogen) atoms. The van der Waals surface area contributed by atoms with Crippen LogP contribution in [0.4, 0.5) is 0 Å². The molecule has 138 valence electrons. The van der Waals surface area contributed by atoms with Gasteiger partial charge >= 0.3 is 5.97 Å². The predicted octanol–water partition coefficient (Wildman–Crippen LogP) is 3.96. The Hall–Kier alpha value is -2.87. The van der Waals surface area contributed by atoms with Crippen molar-refractivity contribution in [2.45, 2.75) is 31.7 Å². The number of rotatable bonds is 5. The van der Waals surface area contributed by atoms with E-state index in [1.165, 1.54) is 11.8 Å². The molecule has 0 saturated carbocycles. The maximum absolute atomic E-state index is 12.3. The van der Waals surface area contributed by atoms with Gasteiger partial charge in [-0.15, -0.1) is 10.2 Å². The summed E-state index contributed by atoms with van der Waals surface area (Å²) >= 11 is 1.48. The summed E-state index contributed by atoms with van der Waals surface area (Å²) in [6.07, 6.45) is 0. The number of carbonyl (C=O) groups excluding carboxylic acids is 1. The highest BCUT2D eigenvalue weighted by Gasteiger charge is 2.22. The minimum atomic E-state index is -0.455. The largest absolute Gasteiger partial charge is 0.460 e. The third-order valence-electron chi connectivity index (χ3n) is 4.17. The molecule has 3 heterocycles. The summed E-state index contributed by atoms with van der Waals surface area (Å²) in [5.74, 6) is 0.853. The molecule has 1 aromatic carbocycles. The van der Waals surface area contributed by atoms with Gasteiger partial charge in [-0.1, -0.05) is 30.0 Å². The van der Waals surface area contributed by atoms with Crippen LogP contribution in [0, 0.1) is 13.8 Å². The lowest BCUT2D eigenvalue weighted by Crippen LogP contribution is -2.06. The van der Waals surface area contributed by atoms with Crippen molar-refractivity contribution in [2.75, 3.05) is 6.61 Å². The van der Waals surface area contributed by atoms with Crippen LogP contribution in [0.5, 0.6) is 0 Å². The maximum atomic E-state index is 12.3. The SMILES string of the molecule is CCOC(=O)c1oc2ccccc2c1CSc1nnc2nc(C)cc(C)n12. The molecule has 3 aromatic heterocycles. The maximum Gasteiger partial charge on any atom is 0.374 e. The summed E-state index contributed by atoms with van der Waals surface area (Å²) in [4.78, 5) is 16.7. The fraction of sp³-hybridized carbons (Fsp3) is 0.263. The first kappa shape index (κ1) is 17.5. The van der Waals surface area contributed by atoms with Crippen LogP contribution < -0.4 is 0 Å². The van der Waals surface area contributed by atoms with Gasteiger partial charge in [0.2, 0.25) is 5.76 Å². The number of hydrogen-bond acceptors (Lipinski definition) is 7. The molecule has 0 fully saturated rings. The third kappa shape index (κ3) is 3.16. The summed E-state index contributed by atoms with van der Waals surface area (Å²) in [6, 6.07) is 9.56. The Morgan fingerprint density at radius 1 is 1.26 bits per heavy atom. The predicted molar refractivity (Wildman–Crippen MR) is 102 cm³/mol. The summed E-state index contributed by atoms with van der Waals surface area (Å²) < 4.78 is 12.8. The van der Waals surface area contributed by atoms with Crippen molar-refractivity contribution in [3.8, 4) is 0 Å². The van der Waals surface area contributed by atoms with Gasteiger partial charge in [0.05, 0.1) is 6.61 Å². The first-order valence-corrected chi connectivity index (χ1v) is 9.56. The average molecular weight is 382 g/mol. The second-order valence-electron chi connectivity index (χ2n) is 6.07. The number of esters is 1. The monoisotopic (exact) mass is 382 g/mol. The zero-order valence-electron chi connectivity index (χ0n) is 15.2. The second kappa shape index (κ2) is 7.03. The molecular weight excluding hydrogens is 364 g/mol. The van der Waals surface area contributed by atoms with E-state index in [2.05, 4.69) is 15.2 Å². The summed E-state index contributed by atoms with van der Waals surface area (Å²) in [5.41, 5.74) is 3.36. The van der Waals surface area contributed by atoms with Gasteiger partial charge in [0.15, 0.2) is 5.16 Å². The van der Waals surface area contributed by atoms with Gasteiger partial charge in [-0.2, -0.15) is 0 Å². The second-order valence-corrected chi connectivity index (χ2v) is 7.01. The smallest absolute Gasteiger partial charge is 0.374 e. The van der Waals surface area contributed by atoms with Crippen molar-refractivity contribution in [1.29, 1.82) is 0 Å². The third-order valence-corrected chi connectivity index (χ3v) is 5.12. The Bertz CT molecular complexity index is 1150. The normalized spacial score (nSPS) is 11.4. The van der Waals surface area contributed by atoms with E-state index in [1.54, 1.807) is 6.92 Å². The van der Waals surface area contributed by atoms with E-state index in [4.69, 9.17) is 9.15 Å². The van der Waals surface area contributed by atoms with Crippen molar-refractivity contribution in [2.24, 2.45) is 0 Å². The van der Waals surface area contributed by atoms with E-state index in [1.807, 2.05) is 48.6 Å². The molecular formula is C19H18N4O3S. The van der Waals surface area contributed by atoms with Gasteiger partial charge in [0.25, 0.3) is 5.78 Å². The van der Waals surface area contributed by atoms with Crippen molar-refractivity contribution in [3.63, 3.8) is 0 Å². The number of aromatic nitrogens is 4. The van der Waals surface area contributed by atoms with E-state index in [-0.39, 0.29) is 5.76 Å². The lowest BCUT2D eigenvalue weighted by atomic mass is 10.1. The van der Waals surface area contributed by atoms with Crippen LogP contribution in [0.3, 0.4) is 0 Å². The number of ether oxygens (including phenoxy) is 1. The van der Waals surface area contributed by atoms with Gasteiger partial charge in [0, 0.05) is 28.1 Å². The van der Waals surface area contributed by atoms with Crippen LogP contribution in [0.2, 0.25) is 0 Å². The molecule has 0 amide bonds. The molecule has 0 radical (unpaired) electrons. The quantitative estimate of drug-likeness (QED) is 0.382. The van der Waals surface area contributed by atoms with E-state index in [0.29, 0.717) is 23.7 Å². The molecule has 8 heteroatoms. The van der Waals surface area contributed by atoms with E-state index in [0.717, 1.165) is 27.5 Å². The molecule has 0 saturated heterocycles. The Balaban J connectivity index is 1.72. The van der Waals surface area contributed by atoms with Crippen LogP contribution >= 0.6 is 11.8 Å². The molecule has 0 spiro atoms. The van der Waals surface area contributed by atoms with Gasteiger partial charge in [-0.25, -0.2) is 9.78 Å². The lowest BCUT2D eigenvalue weighted by Gasteiger charge is -2.05. The minimum absolute atomic E-state index is 0.241. The number of para-hydroxylation sites is 1. The van der Waals surface area contributed by atoms with Crippen molar-refractivity contribution >= 4 is 34.5 Å². The Labute approximate surface area is 159 Å². The molecule has 0 bridgehead atoms. The molecule has 0 aliphatic carbocycles. The molecule has 0 aliphatic rings. The van der Waals surface area contributed by atoms with Crippen LogP contribution in [-0.2, 0) is 10.5 Å². The van der Waals surface area contributed by atoms with E-state index in [9.17, 15) is 4.79 Å². The van der Waals surface area contributed by atoms with Gasteiger partial charge < -0.3 is 9.15 Å². The van der Waals surface area contributed by atoms with Crippen molar-refractivity contribution < 1.29 is 13.9 Å². The summed E-state index contributed by atoms with van der Waals surface area (Å²) in [7, 11) is 0. The molecule has 0 unspecified atom stereocenters. The number of furan rings is 1. The van der Waals surface area contributed by atoms with E-state index < -0.39 is 5.97 Å². The van der Waals surface area contributed by atoms with Crippen LogP contribution in [0.1, 0.15) is 34.4 Å². The molecule has 0 aliphatic heterocycles. The summed E-state index contributed by atoms with van der Waals surface area (Å²) in [6.45, 7) is 5.99. The molecule has 0 atom stereocenters. The van der Waals surface area contributed by atoms with Crippen LogP contribution in [0.25, 0.3) is 16.7 Å². The Morgan fingerprint density at radius 2 is 2.07 bits per heavy atom.